The first-order chi connectivity index (χ1) is 9.85. The zero-order valence-corrected chi connectivity index (χ0v) is 12.6. The van der Waals surface area contributed by atoms with Gasteiger partial charge in [0.1, 0.15) is 0 Å². The number of amides is 2. The molecule has 0 aliphatic heterocycles. The topological polar surface area (TPSA) is 115 Å². The highest BCUT2D eigenvalue weighted by molar-refractivity contribution is 8.00. The van der Waals surface area contributed by atoms with Gasteiger partial charge < -0.3 is 11.1 Å². The number of benzene rings is 1. The first-order valence-electron chi connectivity index (χ1n) is 6.35. The van der Waals surface area contributed by atoms with E-state index in [0.29, 0.717) is 4.90 Å². The lowest BCUT2D eigenvalue weighted by molar-refractivity contribution is -0.387. The van der Waals surface area contributed by atoms with Crippen LogP contribution in [-0.4, -0.2) is 28.5 Å². The van der Waals surface area contributed by atoms with Crippen molar-refractivity contribution in [2.24, 2.45) is 5.73 Å². The van der Waals surface area contributed by atoms with E-state index in [-0.39, 0.29) is 29.0 Å². The molecule has 0 heterocycles. The average molecular weight is 311 g/mol. The van der Waals surface area contributed by atoms with E-state index in [2.05, 4.69) is 5.32 Å². The van der Waals surface area contributed by atoms with Crippen molar-refractivity contribution in [1.29, 1.82) is 0 Å². The van der Waals surface area contributed by atoms with Crippen LogP contribution < -0.4 is 11.1 Å². The number of nitrogens with one attached hydrogen (secondary N) is 1. The van der Waals surface area contributed by atoms with Crippen LogP contribution in [0.25, 0.3) is 0 Å². The number of nitro groups is 1. The van der Waals surface area contributed by atoms with Gasteiger partial charge in [-0.05, 0) is 25.5 Å². The molecule has 0 aromatic heterocycles. The molecule has 1 aromatic rings. The second-order valence-corrected chi connectivity index (χ2v) is 5.49. The van der Waals surface area contributed by atoms with Gasteiger partial charge in [0, 0.05) is 17.7 Å². The van der Waals surface area contributed by atoms with Crippen molar-refractivity contribution in [2.75, 3.05) is 5.75 Å². The molecule has 2 amide bonds. The number of hydrogen-bond donors (Lipinski definition) is 2. The highest BCUT2D eigenvalue weighted by Gasteiger charge is 2.18. The normalized spacial score (nSPS) is 11.7. The summed E-state index contributed by atoms with van der Waals surface area (Å²) in [6.45, 7) is 3.83. The Hall–Kier alpha value is -2.09. The molecular weight excluding hydrogens is 294 g/mol. The minimum atomic E-state index is -0.732. The van der Waals surface area contributed by atoms with Crippen LogP contribution in [0.2, 0.25) is 0 Å². The fraction of sp³-hybridized carbons (Fsp3) is 0.385. The predicted molar refractivity (Wildman–Crippen MR) is 80.2 cm³/mol. The third-order valence-corrected chi connectivity index (χ3v) is 3.88. The van der Waals surface area contributed by atoms with Crippen molar-refractivity contribution in [3.63, 3.8) is 0 Å². The molecule has 0 radical (unpaired) electrons. The molecule has 0 fully saturated rings. The quantitative estimate of drug-likeness (QED) is 0.452. The molecule has 0 aliphatic carbocycles. The van der Waals surface area contributed by atoms with Crippen molar-refractivity contribution < 1.29 is 14.5 Å². The van der Waals surface area contributed by atoms with Gasteiger partial charge in [0.2, 0.25) is 11.8 Å². The van der Waals surface area contributed by atoms with E-state index < -0.39 is 10.8 Å². The Morgan fingerprint density at radius 1 is 1.48 bits per heavy atom. The molecule has 114 valence electrons. The number of primary amides is 1. The van der Waals surface area contributed by atoms with E-state index in [0.717, 1.165) is 24.2 Å². The number of carbonyl (C=O) groups is 2. The highest BCUT2D eigenvalue weighted by Crippen LogP contribution is 2.29. The maximum atomic E-state index is 11.7. The monoisotopic (exact) mass is 311 g/mol. The molecular formula is C13H17N3O4S. The number of nitrogens with two attached hydrogens (primary N) is 1. The summed E-state index contributed by atoms with van der Waals surface area (Å²) >= 11 is 1.05. The molecule has 1 aromatic carbocycles. The van der Waals surface area contributed by atoms with E-state index in [9.17, 15) is 19.7 Å². The fourth-order valence-corrected chi connectivity index (χ4v) is 2.31. The Balaban J connectivity index is 2.81. The maximum absolute atomic E-state index is 11.7. The summed E-state index contributed by atoms with van der Waals surface area (Å²) in [4.78, 5) is 33.4. The highest BCUT2D eigenvalue weighted by atomic mass is 32.2. The van der Waals surface area contributed by atoms with Gasteiger partial charge in [0.25, 0.3) is 5.69 Å². The van der Waals surface area contributed by atoms with Crippen LogP contribution in [0, 0.1) is 10.1 Å². The van der Waals surface area contributed by atoms with Crippen LogP contribution in [0.1, 0.15) is 30.6 Å². The second-order valence-electron chi connectivity index (χ2n) is 4.47. The summed E-state index contributed by atoms with van der Waals surface area (Å²) in [5, 5.41) is 13.8. The number of nitro benzene ring substituents is 1. The molecule has 0 bridgehead atoms. The average Bonchev–Trinajstić information content (AvgIpc) is 2.44. The Bertz CT molecular complexity index is 562. The SMILES string of the molecule is CCC(C)NC(=O)CSc1ccc(C(N)=O)cc1[N+](=O)[O-]. The van der Waals surface area contributed by atoms with E-state index >= 15 is 0 Å². The largest absolute Gasteiger partial charge is 0.366 e. The predicted octanol–water partition coefficient (Wildman–Crippen LogP) is 1.70. The van der Waals surface area contributed by atoms with E-state index in [1.165, 1.54) is 12.1 Å². The molecule has 0 spiro atoms. The molecule has 0 saturated heterocycles. The van der Waals surface area contributed by atoms with E-state index in [1.54, 1.807) is 0 Å². The van der Waals surface area contributed by atoms with Gasteiger partial charge >= 0.3 is 0 Å². The van der Waals surface area contributed by atoms with Crippen molar-refractivity contribution in [1.82, 2.24) is 5.32 Å². The van der Waals surface area contributed by atoms with Crippen LogP contribution >= 0.6 is 11.8 Å². The van der Waals surface area contributed by atoms with Gasteiger partial charge in [0.15, 0.2) is 0 Å². The summed E-state index contributed by atoms with van der Waals surface area (Å²) in [7, 11) is 0. The smallest absolute Gasteiger partial charge is 0.283 e. The minimum Gasteiger partial charge on any atom is -0.366 e. The Morgan fingerprint density at radius 2 is 2.14 bits per heavy atom. The molecule has 7 nitrogen and oxygen atoms in total. The summed E-state index contributed by atoms with van der Waals surface area (Å²) in [6.07, 6.45) is 0.809. The third kappa shape index (κ3) is 5.07. The van der Waals surface area contributed by atoms with Crippen molar-refractivity contribution in [3.8, 4) is 0 Å². The second kappa shape index (κ2) is 7.63. The number of thioether (sulfide) groups is 1. The molecule has 1 rings (SSSR count). The van der Waals surface area contributed by atoms with Gasteiger partial charge in [0.05, 0.1) is 15.6 Å². The van der Waals surface area contributed by atoms with Gasteiger partial charge in [-0.2, -0.15) is 0 Å². The Kier molecular flexibility index (Phi) is 6.16. The lowest BCUT2D eigenvalue weighted by atomic mass is 10.2. The van der Waals surface area contributed by atoms with E-state index in [4.69, 9.17) is 5.73 Å². The van der Waals surface area contributed by atoms with Crippen LogP contribution in [0.15, 0.2) is 23.1 Å². The number of carbonyl (C=O) groups excluding carboxylic acids is 2. The number of hydrogen-bond acceptors (Lipinski definition) is 5. The van der Waals surface area contributed by atoms with Crippen molar-refractivity contribution >= 4 is 29.3 Å². The van der Waals surface area contributed by atoms with Crippen molar-refractivity contribution in [2.45, 2.75) is 31.2 Å². The molecule has 8 heteroatoms. The summed E-state index contributed by atoms with van der Waals surface area (Å²) in [5.41, 5.74) is 4.93. The molecule has 3 N–H and O–H groups in total. The van der Waals surface area contributed by atoms with Crippen LogP contribution in [0.5, 0.6) is 0 Å². The van der Waals surface area contributed by atoms with Crippen molar-refractivity contribution in [3.05, 3.63) is 33.9 Å². The summed E-state index contributed by atoms with van der Waals surface area (Å²) in [5.74, 6) is -0.854. The van der Waals surface area contributed by atoms with Gasteiger partial charge in [-0.3, -0.25) is 19.7 Å². The molecule has 0 aliphatic rings. The third-order valence-electron chi connectivity index (χ3n) is 2.82. The summed E-state index contributed by atoms with van der Waals surface area (Å²) in [6, 6.07) is 4.02. The van der Waals surface area contributed by atoms with Gasteiger partial charge in [-0.1, -0.05) is 6.92 Å². The zero-order valence-electron chi connectivity index (χ0n) is 11.8. The lowest BCUT2D eigenvalue weighted by Crippen LogP contribution is -2.33. The maximum Gasteiger partial charge on any atom is 0.283 e. The van der Waals surface area contributed by atoms with E-state index in [1.807, 2.05) is 13.8 Å². The minimum absolute atomic E-state index is 0.0605. The summed E-state index contributed by atoms with van der Waals surface area (Å²) < 4.78 is 0. The van der Waals surface area contributed by atoms with Crippen LogP contribution in [-0.2, 0) is 4.79 Å². The first-order valence-corrected chi connectivity index (χ1v) is 7.34. The molecule has 1 atom stereocenters. The fourth-order valence-electron chi connectivity index (χ4n) is 1.50. The molecule has 0 saturated carbocycles. The van der Waals surface area contributed by atoms with Crippen LogP contribution in [0.3, 0.4) is 0 Å². The van der Waals surface area contributed by atoms with Crippen LogP contribution in [0.4, 0.5) is 5.69 Å². The Morgan fingerprint density at radius 3 is 2.67 bits per heavy atom. The first kappa shape index (κ1) is 17.0. The molecule has 21 heavy (non-hydrogen) atoms. The number of nitrogens with zero attached hydrogens (tertiary/aromatic N) is 1. The van der Waals surface area contributed by atoms with Gasteiger partial charge in [-0.15, -0.1) is 11.8 Å². The lowest BCUT2D eigenvalue weighted by Gasteiger charge is -2.11. The number of rotatable bonds is 7. The van der Waals surface area contributed by atoms with Gasteiger partial charge in [-0.25, -0.2) is 0 Å². The molecule has 1 unspecified atom stereocenters. The zero-order chi connectivity index (χ0) is 16.0. The standard InChI is InChI=1S/C13H17N3O4S/c1-3-8(2)15-12(17)7-21-11-5-4-9(13(14)18)6-10(11)16(19)20/h4-6,8H,3,7H2,1-2H3,(H2,14,18)(H,15,17). The Labute approximate surface area is 126 Å².